The van der Waals surface area contributed by atoms with Crippen molar-refractivity contribution in [3.63, 3.8) is 0 Å². The van der Waals surface area contributed by atoms with Crippen molar-refractivity contribution in [2.24, 2.45) is 0 Å². The van der Waals surface area contributed by atoms with E-state index in [0.717, 1.165) is 16.2 Å². The molecule has 20 heavy (non-hydrogen) atoms. The summed E-state index contributed by atoms with van der Waals surface area (Å²) in [6.45, 7) is 9.88. The normalized spacial score (nSPS) is 13.4. The van der Waals surface area contributed by atoms with E-state index in [4.69, 9.17) is 0 Å². The van der Waals surface area contributed by atoms with Crippen molar-refractivity contribution < 1.29 is 4.79 Å². The second kappa shape index (κ2) is 5.48. The lowest BCUT2D eigenvalue weighted by Gasteiger charge is -2.22. The van der Waals surface area contributed by atoms with Crippen LogP contribution in [0.15, 0.2) is 23.4 Å². The van der Waals surface area contributed by atoms with Crippen LogP contribution in [0.4, 0.5) is 0 Å². The molecule has 0 saturated heterocycles. The van der Waals surface area contributed by atoms with Gasteiger partial charge in [-0.1, -0.05) is 17.8 Å². The molecule has 0 saturated carbocycles. The zero-order valence-electron chi connectivity index (χ0n) is 12.6. The lowest BCUT2D eigenvalue weighted by atomic mass is 10.1. The van der Waals surface area contributed by atoms with Gasteiger partial charge < -0.3 is 10.3 Å². The molecule has 1 aromatic carbocycles. The number of imidazole rings is 1. The van der Waals surface area contributed by atoms with Gasteiger partial charge in [-0.15, -0.1) is 0 Å². The summed E-state index contributed by atoms with van der Waals surface area (Å²) in [5, 5.41) is 3.58. The van der Waals surface area contributed by atoms with E-state index in [2.05, 4.69) is 21.4 Å². The maximum Gasteiger partial charge on any atom is 0.233 e. The third kappa shape index (κ3) is 3.76. The summed E-state index contributed by atoms with van der Waals surface area (Å²) in [5.41, 5.74) is 2.92. The molecule has 2 rings (SSSR count). The Morgan fingerprint density at radius 3 is 2.75 bits per heavy atom. The Hall–Kier alpha value is -1.49. The molecule has 2 aromatic rings. The number of aromatic amines is 1. The molecule has 0 aliphatic carbocycles. The van der Waals surface area contributed by atoms with Crippen molar-refractivity contribution in [3.8, 4) is 0 Å². The third-order valence-electron chi connectivity index (χ3n) is 2.77. The van der Waals surface area contributed by atoms with E-state index in [1.165, 1.54) is 17.3 Å². The van der Waals surface area contributed by atoms with Crippen molar-refractivity contribution in [1.82, 2.24) is 15.3 Å². The van der Waals surface area contributed by atoms with Gasteiger partial charge in [0.1, 0.15) is 0 Å². The van der Waals surface area contributed by atoms with Crippen molar-refractivity contribution >= 4 is 28.7 Å². The molecule has 0 spiro atoms. The zero-order chi connectivity index (χ0) is 14.9. The minimum Gasteiger partial charge on any atom is -0.351 e. The lowest BCUT2D eigenvalue weighted by molar-refractivity contribution is -0.121. The fourth-order valence-corrected chi connectivity index (χ4v) is 2.67. The first kappa shape index (κ1) is 14.9. The molecule has 0 unspecified atom stereocenters. The lowest BCUT2D eigenvalue weighted by Crippen LogP contribution is -2.44. The molecular formula is C15H21N3OS. The van der Waals surface area contributed by atoms with Crippen LogP contribution >= 0.6 is 11.8 Å². The number of aryl methyl sites for hydroxylation is 1. The number of carbonyl (C=O) groups is 1. The van der Waals surface area contributed by atoms with E-state index in [-0.39, 0.29) is 16.7 Å². The standard InChI is InChI=1S/C15H21N3OS/c1-9-6-7-11-12(8-9)17-14(16-11)20-10(2)13(19)18-15(3,4)5/h6-8,10H,1-5H3,(H,16,17)(H,18,19)/t10-/m1/s1. The zero-order valence-corrected chi connectivity index (χ0v) is 13.4. The Kier molecular flexibility index (Phi) is 4.09. The van der Waals surface area contributed by atoms with Crippen LogP contribution in [0.3, 0.4) is 0 Å². The van der Waals surface area contributed by atoms with Gasteiger partial charge in [-0.2, -0.15) is 0 Å². The number of thioether (sulfide) groups is 1. The molecule has 0 bridgehead atoms. The van der Waals surface area contributed by atoms with Crippen LogP contribution < -0.4 is 5.32 Å². The monoisotopic (exact) mass is 291 g/mol. The van der Waals surface area contributed by atoms with Crippen LogP contribution in [0.1, 0.15) is 33.3 Å². The molecular weight excluding hydrogens is 270 g/mol. The van der Waals surface area contributed by atoms with E-state index in [0.29, 0.717) is 0 Å². The number of hydrogen-bond donors (Lipinski definition) is 2. The Balaban J connectivity index is 2.09. The summed E-state index contributed by atoms with van der Waals surface area (Å²) in [4.78, 5) is 19.8. The SMILES string of the molecule is Cc1ccc2nc(S[C@H](C)C(=O)NC(C)(C)C)[nH]c2c1. The predicted octanol–water partition coefficient (Wildman–Crippen LogP) is 3.27. The van der Waals surface area contributed by atoms with E-state index < -0.39 is 0 Å². The van der Waals surface area contributed by atoms with Crippen LogP contribution in [0.25, 0.3) is 11.0 Å². The highest BCUT2D eigenvalue weighted by Crippen LogP contribution is 2.24. The number of hydrogen-bond acceptors (Lipinski definition) is 3. The molecule has 108 valence electrons. The second-order valence-corrected chi connectivity index (χ2v) is 7.39. The van der Waals surface area contributed by atoms with Crippen LogP contribution in [-0.2, 0) is 4.79 Å². The number of benzene rings is 1. The fourth-order valence-electron chi connectivity index (χ4n) is 1.85. The van der Waals surface area contributed by atoms with Gasteiger partial charge in [0.25, 0.3) is 0 Å². The van der Waals surface area contributed by atoms with E-state index in [1.807, 2.05) is 46.8 Å². The molecule has 0 aliphatic rings. The first-order valence-electron chi connectivity index (χ1n) is 6.70. The maximum absolute atomic E-state index is 12.1. The number of aromatic nitrogens is 2. The largest absolute Gasteiger partial charge is 0.351 e. The Morgan fingerprint density at radius 1 is 1.40 bits per heavy atom. The van der Waals surface area contributed by atoms with E-state index in [9.17, 15) is 4.79 Å². The fraction of sp³-hybridized carbons (Fsp3) is 0.467. The summed E-state index contributed by atoms with van der Waals surface area (Å²) in [6.07, 6.45) is 0. The minimum atomic E-state index is -0.211. The van der Waals surface area contributed by atoms with Gasteiger partial charge in [-0.3, -0.25) is 4.79 Å². The van der Waals surface area contributed by atoms with Crippen molar-refractivity contribution in [2.45, 2.75) is 50.6 Å². The molecule has 0 radical (unpaired) electrons. The minimum absolute atomic E-state index is 0.0270. The van der Waals surface area contributed by atoms with Crippen molar-refractivity contribution in [3.05, 3.63) is 23.8 Å². The molecule has 4 nitrogen and oxygen atoms in total. The second-order valence-electron chi connectivity index (χ2n) is 6.06. The van der Waals surface area contributed by atoms with Crippen molar-refractivity contribution in [1.29, 1.82) is 0 Å². The Labute approximate surface area is 123 Å². The quantitative estimate of drug-likeness (QED) is 0.853. The van der Waals surface area contributed by atoms with Crippen LogP contribution in [0, 0.1) is 6.92 Å². The number of rotatable bonds is 3. The third-order valence-corrected chi connectivity index (χ3v) is 3.76. The molecule has 0 aliphatic heterocycles. The number of amides is 1. The highest BCUT2D eigenvalue weighted by atomic mass is 32.2. The van der Waals surface area contributed by atoms with Gasteiger partial charge in [0.15, 0.2) is 5.16 Å². The average Bonchev–Trinajstić information content (AvgIpc) is 2.67. The summed E-state index contributed by atoms with van der Waals surface area (Å²) < 4.78 is 0. The maximum atomic E-state index is 12.1. The first-order chi connectivity index (χ1) is 9.24. The highest BCUT2D eigenvalue weighted by Gasteiger charge is 2.21. The predicted molar refractivity (Wildman–Crippen MR) is 84.0 cm³/mol. The molecule has 0 fully saturated rings. The van der Waals surface area contributed by atoms with Gasteiger partial charge in [0.2, 0.25) is 5.91 Å². The van der Waals surface area contributed by atoms with Gasteiger partial charge in [-0.25, -0.2) is 4.98 Å². The van der Waals surface area contributed by atoms with E-state index >= 15 is 0 Å². The molecule has 1 aromatic heterocycles. The molecule has 1 atom stereocenters. The summed E-state index contributed by atoms with van der Waals surface area (Å²) in [5.74, 6) is 0.0270. The van der Waals surface area contributed by atoms with Gasteiger partial charge in [-0.05, 0) is 52.3 Å². The molecule has 5 heteroatoms. The first-order valence-corrected chi connectivity index (χ1v) is 7.57. The van der Waals surface area contributed by atoms with Gasteiger partial charge in [0, 0.05) is 5.54 Å². The average molecular weight is 291 g/mol. The molecule has 2 N–H and O–H groups in total. The van der Waals surface area contributed by atoms with Crippen LogP contribution in [0.5, 0.6) is 0 Å². The number of nitrogens with one attached hydrogen (secondary N) is 2. The number of fused-ring (bicyclic) bond motifs is 1. The highest BCUT2D eigenvalue weighted by molar-refractivity contribution is 8.00. The summed E-state index contributed by atoms with van der Waals surface area (Å²) in [7, 11) is 0. The molecule has 1 heterocycles. The molecule has 1 amide bonds. The topological polar surface area (TPSA) is 57.8 Å². The Morgan fingerprint density at radius 2 is 2.10 bits per heavy atom. The van der Waals surface area contributed by atoms with Gasteiger partial charge >= 0.3 is 0 Å². The Bertz CT molecular complexity index is 628. The number of carbonyl (C=O) groups excluding carboxylic acids is 1. The smallest absolute Gasteiger partial charge is 0.233 e. The number of H-pyrrole nitrogens is 1. The van der Waals surface area contributed by atoms with Gasteiger partial charge in [0.05, 0.1) is 16.3 Å². The summed E-state index contributed by atoms with van der Waals surface area (Å²) >= 11 is 1.45. The van der Waals surface area contributed by atoms with Crippen molar-refractivity contribution in [2.75, 3.05) is 0 Å². The van der Waals surface area contributed by atoms with Crippen LogP contribution in [-0.4, -0.2) is 26.7 Å². The summed E-state index contributed by atoms with van der Waals surface area (Å²) in [6, 6.07) is 6.09. The van der Waals surface area contributed by atoms with Crippen LogP contribution in [0.2, 0.25) is 0 Å². The number of nitrogens with zero attached hydrogens (tertiary/aromatic N) is 1. The van der Waals surface area contributed by atoms with E-state index in [1.54, 1.807) is 0 Å².